The predicted molar refractivity (Wildman–Crippen MR) is 207 cm³/mol. The summed E-state index contributed by atoms with van der Waals surface area (Å²) in [5.74, 6) is -2.29. The lowest BCUT2D eigenvalue weighted by Gasteiger charge is -2.30. The highest BCUT2D eigenvalue weighted by Crippen LogP contribution is 2.29. The van der Waals surface area contributed by atoms with Gasteiger partial charge in [0, 0.05) is 57.0 Å². The zero-order chi connectivity index (χ0) is 40.2. The molecule has 0 saturated heterocycles. The topological polar surface area (TPSA) is 207 Å². The molecule has 0 aromatic rings. The van der Waals surface area contributed by atoms with Crippen LogP contribution in [-0.2, 0) is 28.6 Å². The number of methoxy groups -OCH3 is 2. The molecule has 2 aliphatic rings. The monoisotopic (exact) mass is 757 g/mol. The molecule has 0 saturated carbocycles. The van der Waals surface area contributed by atoms with Gasteiger partial charge in [-0.15, -0.1) is 0 Å². The maximum absolute atomic E-state index is 13.9. The van der Waals surface area contributed by atoms with Crippen molar-refractivity contribution < 1.29 is 43.3 Å². The second-order valence-electron chi connectivity index (χ2n) is 14.2. The Kier molecular flexibility index (Phi) is 20.6. The van der Waals surface area contributed by atoms with Crippen molar-refractivity contribution in [3.05, 3.63) is 58.5 Å². The molecule has 0 unspecified atom stereocenters. The van der Waals surface area contributed by atoms with Crippen molar-refractivity contribution in [2.24, 2.45) is 17.6 Å². The largest absolute Gasteiger partial charge is 0.439 e. The molecule has 1 aliphatic carbocycles. The summed E-state index contributed by atoms with van der Waals surface area (Å²) in [5.41, 5.74) is 6.37. The fourth-order valence-corrected chi connectivity index (χ4v) is 6.45. The Morgan fingerprint density at radius 2 is 1.63 bits per heavy atom. The lowest BCUT2D eigenvalue weighted by Crippen LogP contribution is -2.39. The molecule has 14 heteroatoms. The molecule has 0 radical (unpaired) electrons. The van der Waals surface area contributed by atoms with Crippen LogP contribution in [0.3, 0.4) is 0 Å². The lowest BCUT2D eigenvalue weighted by molar-refractivity contribution is -0.120. The summed E-state index contributed by atoms with van der Waals surface area (Å²) in [7, 11) is 2.92. The molecule has 0 aromatic carbocycles. The molecule has 302 valence electrons. The Morgan fingerprint density at radius 3 is 2.28 bits per heavy atom. The smallest absolute Gasteiger partial charge is 0.405 e. The Hall–Kier alpha value is -4.27. The van der Waals surface area contributed by atoms with Gasteiger partial charge in [-0.05, 0) is 51.0 Å². The van der Waals surface area contributed by atoms with Gasteiger partial charge in [0.2, 0.25) is 11.6 Å². The highest BCUT2D eigenvalue weighted by Gasteiger charge is 2.33. The molecule has 4 amide bonds. The number of allylic oxidation sites excluding steroid dienone is 4. The highest BCUT2D eigenvalue weighted by atomic mass is 16.6. The van der Waals surface area contributed by atoms with Crippen LogP contribution in [0.2, 0.25) is 0 Å². The van der Waals surface area contributed by atoms with E-state index in [4.69, 9.17) is 19.9 Å². The Balaban J connectivity index is 2.30. The molecular weight excluding hydrogens is 694 g/mol. The van der Waals surface area contributed by atoms with Crippen molar-refractivity contribution in [2.75, 3.05) is 33.9 Å². The number of aliphatic hydroxyl groups is 1. The number of ketones is 2. The minimum absolute atomic E-state index is 0.131. The first-order valence-corrected chi connectivity index (χ1v) is 19.1. The molecule has 0 aromatic heterocycles. The third-order valence-electron chi connectivity index (χ3n) is 9.55. The fraction of sp³-hybridized carbons (Fsp3) is 0.625. The first kappa shape index (κ1) is 45.9. The van der Waals surface area contributed by atoms with E-state index in [1.165, 1.54) is 39.6 Å². The van der Waals surface area contributed by atoms with Crippen LogP contribution in [0.25, 0.3) is 0 Å². The van der Waals surface area contributed by atoms with Crippen LogP contribution >= 0.6 is 0 Å². The van der Waals surface area contributed by atoms with Crippen molar-refractivity contribution in [1.29, 1.82) is 0 Å². The van der Waals surface area contributed by atoms with Crippen LogP contribution in [0.15, 0.2) is 58.5 Å². The number of nitrogens with one attached hydrogen (secondary N) is 4. The molecule has 1 aliphatic heterocycles. The van der Waals surface area contributed by atoms with E-state index in [-0.39, 0.29) is 40.9 Å². The van der Waals surface area contributed by atoms with Crippen LogP contribution in [0, 0.1) is 11.8 Å². The number of rotatable bonds is 15. The number of primary amides is 1. The van der Waals surface area contributed by atoms with Gasteiger partial charge in [-0.2, -0.15) is 0 Å². The number of amides is 4. The molecule has 2 bridgehead atoms. The highest BCUT2D eigenvalue weighted by molar-refractivity contribution is 6.23. The van der Waals surface area contributed by atoms with Gasteiger partial charge < -0.3 is 46.3 Å². The zero-order valence-corrected chi connectivity index (χ0v) is 33.1. The van der Waals surface area contributed by atoms with E-state index in [9.17, 15) is 29.1 Å². The van der Waals surface area contributed by atoms with Crippen LogP contribution in [0.5, 0.6) is 0 Å². The normalized spacial score (nSPS) is 27.1. The maximum atomic E-state index is 13.9. The summed E-state index contributed by atoms with van der Waals surface area (Å²) in [4.78, 5) is 64.7. The van der Waals surface area contributed by atoms with Gasteiger partial charge >= 0.3 is 12.1 Å². The summed E-state index contributed by atoms with van der Waals surface area (Å²) in [6, 6.07) is -0.252. The van der Waals surface area contributed by atoms with Crippen molar-refractivity contribution in [3.8, 4) is 0 Å². The van der Waals surface area contributed by atoms with Crippen LogP contribution in [-0.4, -0.2) is 93.0 Å². The number of urea groups is 1. The van der Waals surface area contributed by atoms with E-state index < -0.39 is 53.9 Å². The number of nitrogens with two attached hydrogens (primary N) is 1. The standard InChI is InChI=1S/C40H63N5O9/c1-8-9-10-11-12-13-18-43-40(51)44-20-15-19-42-34-29-21-25(2)22-33(53-7)35(47)27(4)23-28(5)37(54-39(41)50)32(52-6)17-14-16-26(3)38(49)45-30(36(29)48)24-31(34)46/h14,16-17,23-25,27,32-33,35,37,42,47H,8-13,15,18-22H2,1-7H3,(H2,41,50)(H,45,49)(H2,43,44,51)/b17-14-,26-16+,28-23+/t25-,27+,32+,33+,35-,37+/m1/s1. The summed E-state index contributed by atoms with van der Waals surface area (Å²) in [6.45, 7) is 10.4. The minimum Gasteiger partial charge on any atom is -0.439 e. The Labute approximate surface area is 320 Å². The Bertz CT molecular complexity index is 1450. The zero-order valence-electron chi connectivity index (χ0n) is 33.1. The molecule has 1 heterocycles. The first-order valence-electron chi connectivity index (χ1n) is 19.1. The predicted octanol–water partition coefficient (Wildman–Crippen LogP) is 4.40. The van der Waals surface area contributed by atoms with Gasteiger partial charge in [0.1, 0.15) is 6.10 Å². The van der Waals surface area contributed by atoms with Gasteiger partial charge in [-0.1, -0.05) is 77.2 Å². The average Bonchev–Trinajstić information content (AvgIpc) is 3.13. The molecule has 2 rings (SSSR count). The van der Waals surface area contributed by atoms with Crippen molar-refractivity contribution in [2.45, 2.75) is 117 Å². The number of fused-ring (bicyclic) bond motifs is 2. The number of unbranched alkanes of at least 4 members (excludes halogenated alkanes) is 5. The number of ether oxygens (including phenoxy) is 3. The second kappa shape index (κ2) is 24.2. The maximum Gasteiger partial charge on any atom is 0.405 e. The SMILES string of the molecule is CCCCCCCCNC(=O)NCCCNC1=C2C[C@@H](C)C[C@H](OC)[C@H](O)[C@@H](C)/C=C(\C)[C@H](OC(N)=O)[C@@H](OC)/C=C\C=C(/C)C(=O)NC(=CC1=O)C2=O. The van der Waals surface area contributed by atoms with Gasteiger partial charge in [0.15, 0.2) is 6.10 Å². The number of Topliss-reactive ketones (excluding diaryl/α,β-unsaturated/α-hetero) is 1. The summed E-state index contributed by atoms with van der Waals surface area (Å²) >= 11 is 0. The quantitative estimate of drug-likeness (QED) is 0.0789. The Morgan fingerprint density at radius 1 is 0.963 bits per heavy atom. The number of aliphatic hydroxyl groups excluding tert-OH is 1. The van der Waals surface area contributed by atoms with E-state index in [1.54, 1.807) is 39.0 Å². The van der Waals surface area contributed by atoms with Gasteiger partial charge in [0.25, 0.3) is 5.91 Å². The lowest BCUT2D eigenvalue weighted by atomic mass is 9.85. The number of carbonyl (C=O) groups excluding carboxylic acids is 5. The summed E-state index contributed by atoms with van der Waals surface area (Å²) in [5, 5.41) is 22.8. The number of hydrogen-bond donors (Lipinski definition) is 6. The van der Waals surface area contributed by atoms with E-state index in [2.05, 4.69) is 28.2 Å². The molecule has 14 nitrogen and oxygen atoms in total. The first-order chi connectivity index (χ1) is 25.7. The third-order valence-corrected chi connectivity index (χ3v) is 9.55. The van der Waals surface area contributed by atoms with Gasteiger partial charge in [-0.3, -0.25) is 14.4 Å². The van der Waals surface area contributed by atoms with E-state index >= 15 is 0 Å². The minimum atomic E-state index is -1.01. The molecule has 6 atom stereocenters. The molecular formula is C40H63N5O9. The van der Waals surface area contributed by atoms with E-state index in [0.717, 1.165) is 25.3 Å². The summed E-state index contributed by atoms with van der Waals surface area (Å²) in [6.07, 6.45) is 10.9. The van der Waals surface area contributed by atoms with Crippen LogP contribution < -0.4 is 27.0 Å². The van der Waals surface area contributed by atoms with Crippen LogP contribution in [0.4, 0.5) is 9.59 Å². The van der Waals surface area contributed by atoms with E-state index in [0.29, 0.717) is 38.0 Å². The fourth-order valence-electron chi connectivity index (χ4n) is 6.45. The van der Waals surface area contributed by atoms with Crippen molar-refractivity contribution in [1.82, 2.24) is 21.3 Å². The van der Waals surface area contributed by atoms with Gasteiger partial charge in [-0.25, -0.2) is 9.59 Å². The van der Waals surface area contributed by atoms with Crippen molar-refractivity contribution >= 4 is 29.6 Å². The molecule has 54 heavy (non-hydrogen) atoms. The molecule has 0 fully saturated rings. The number of hydrogen-bond acceptors (Lipinski definition) is 10. The molecule has 7 N–H and O–H groups in total. The van der Waals surface area contributed by atoms with Crippen LogP contribution in [0.1, 0.15) is 92.4 Å². The average molecular weight is 758 g/mol. The van der Waals surface area contributed by atoms with E-state index in [1.807, 2.05) is 6.92 Å². The summed E-state index contributed by atoms with van der Waals surface area (Å²) < 4.78 is 16.7. The number of carbonyl (C=O) groups is 5. The van der Waals surface area contributed by atoms with Crippen molar-refractivity contribution in [3.63, 3.8) is 0 Å². The van der Waals surface area contributed by atoms with Gasteiger partial charge in [0.05, 0.1) is 23.6 Å². The second-order valence-corrected chi connectivity index (χ2v) is 14.2. The third kappa shape index (κ3) is 15.2. The molecule has 0 spiro atoms.